The lowest BCUT2D eigenvalue weighted by atomic mass is 9.79. The van der Waals surface area contributed by atoms with Crippen molar-refractivity contribution in [1.82, 2.24) is 10.2 Å². The average molecular weight is 234 g/mol. The van der Waals surface area contributed by atoms with Gasteiger partial charge in [-0.25, -0.2) is 4.79 Å². The quantitative estimate of drug-likeness (QED) is 0.434. The molecule has 6 nitrogen and oxygen atoms in total. The lowest BCUT2D eigenvalue weighted by molar-refractivity contribution is -0.118. The van der Waals surface area contributed by atoms with Crippen LogP contribution >= 0.6 is 0 Å². The molecule has 1 aromatic carbocycles. The van der Waals surface area contributed by atoms with E-state index in [1.807, 2.05) is 0 Å². The number of amides is 3. The molecule has 1 fully saturated rings. The van der Waals surface area contributed by atoms with Gasteiger partial charge in [-0.2, -0.15) is 0 Å². The van der Waals surface area contributed by atoms with Crippen LogP contribution in [0.5, 0.6) is 0 Å². The minimum atomic E-state index is -1.54. The van der Waals surface area contributed by atoms with Crippen molar-refractivity contribution < 1.29 is 19.6 Å². The van der Waals surface area contributed by atoms with E-state index in [1.54, 1.807) is 24.3 Å². The molecule has 1 aromatic rings. The molecular formula is C10H11BN2O4. The first kappa shape index (κ1) is 11.6. The molecule has 1 aliphatic rings. The van der Waals surface area contributed by atoms with Crippen LogP contribution in [-0.2, 0) is 11.3 Å². The second kappa shape index (κ2) is 4.56. The first-order valence-electron chi connectivity index (χ1n) is 5.10. The summed E-state index contributed by atoms with van der Waals surface area (Å²) in [7, 11) is -1.54. The third-order valence-electron chi connectivity index (χ3n) is 2.49. The van der Waals surface area contributed by atoms with Crippen molar-refractivity contribution in [2.45, 2.75) is 6.54 Å². The van der Waals surface area contributed by atoms with Crippen molar-refractivity contribution in [2.24, 2.45) is 0 Å². The maximum Gasteiger partial charge on any atom is 0.488 e. The first-order chi connectivity index (χ1) is 8.06. The van der Waals surface area contributed by atoms with Gasteiger partial charge in [0.2, 0.25) is 5.91 Å². The average Bonchev–Trinajstić information content (AvgIpc) is 2.58. The summed E-state index contributed by atoms with van der Waals surface area (Å²) in [5.74, 6) is -0.326. The largest absolute Gasteiger partial charge is 0.488 e. The van der Waals surface area contributed by atoms with E-state index in [1.165, 1.54) is 4.90 Å². The Labute approximate surface area is 98.0 Å². The number of carbonyl (C=O) groups excluding carboxylic acids is 2. The molecule has 2 rings (SSSR count). The Morgan fingerprint density at radius 1 is 1.35 bits per heavy atom. The van der Waals surface area contributed by atoms with E-state index in [2.05, 4.69) is 5.32 Å². The number of carbonyl (C=O) groups is 2. The van der Waals surface area contributed by atoms with Gasteiger partial charge in [-0.3, -0.25) is 10.1 Å². The van der Waals surface area contributed by atoms with E-state index in [-0.39, 0.29) is 19.0 Å². The number of imide groups is 1. The first-order valence-corrected chi connectivity index (χ1v) is 5.10. The van der Waals surface area contributed by atoms with Gasteiger partial charge in [0.25, 0.3) is 0 Å². The summed E-state index contributed by atoms with van der Waals surface area (Å²) in [6.07, 6.45) is 0. The molecule has 1 aliphatic heterocycles. The highest BCUT2D eigenvalue weighted by Gasteiger charge is 2.26. The molecule has 1 saturated heterocycles. The second-order valence-electron chi connectivity index (χ2n) is 3.83. The van der Waals surface area contributed by atoms with Crippen molar-refractivity contribution in [3.8, 4) is 0 Å². The van der Waals surface area contributed by atoms with E-state index in [0.29, 0.717) is 5.46 Å². The Balaban J connectivity index is 2.11. The monoisotopic (exact) mass is 234 g/mol. The topological polar surface area (TPSA) is 89.9 Å². The molecule has 7 heteroatoms. The van der Waals surface area contributed by atoms with Crippen LogP contribution in [0.15, 0.2) is 24.3 Å². The molecule has 3 N–H and O–H groups in total. The minimum absolute atomic E-state index is 0.0325. The van der Waals surface area contributed by atoms with Gasteiger partial charge in [-0.15, -0.1) is 0 Å². The molecule has 0 radical (unpaired) electrons. The Morgan fingerprint density at radius 2 is 2.12 bits per heavy atom. The third-order valence-corrected chi connectivity index (χ3v) is 2.49. The van der Waals surface area contributed by atoms with Crippen LogP contribution < -0.4 is 10.8 Å². The molecule has 88 valence electrons. The van der Waals surface area contributed by atoms with Gasteiger partial charge < -0.3 is 14.9 Å². The summed E-state index contributed by atoms with van der Waals surface area (Å²) < 4.78 is 0. The van der Waals surface area contributed by atoms with Crippen LogP contribution in [0.1, 0.15) is 5.56 Å². The van der Waals surface area contributed by atoms with Gasteiger partial charge in [-0.1, -0.05) is 24.3 Å². The number of nitrogens with zero attached hydrogens (tertiary/aromatic N) is 1. The van der Waals surface area contributed by atoms with Crippen LogP contribution in [-0.4, -0.2) is 40.5 Å². The summed E-state index contributed by atoms with van der Waals surface area (Å²) >= 11 is 0. The van der Waals surface area contributed by atoms with E-state index < -0.39 is 13.1 Å². The van der Waals surface area contributed by atoms with Gasteiger partial charge >= 0.3 is 13.1 Å². The Morgan fingerprint density at radius 3 is 2.71 bits per heavy atom. The minimum Gasteiger partial charge on any atom is -0.423 e. The second-order valence-corrected chi connectivity index (χ2v) is 3.83. The van der Waals surface area contributed by atoms with Crippen LogP contribution in [0.4, 0.5) is 4.79 Å². The highest BCUT2D eigenvalue weighted by atomic mass is 16.4. The van der Waals surface area contributed by atoms with Gasteiger partial charge in [0, 0.05) is 6.54 Å². The Bertz CT molecular complexity index is 463. The molecule has 0 aromatic heterocycles. The van der Waals surface area contributed by atoms with Crippen LogP contribution in [0.25, 0.3) is 0 Å². The predicted molar refractivity (Wildman–Crippen MR) is 60.2 cm³/mol. The van der Waals surface area contributed by atoms with Crippen molar-refractivity contribution in [3.05, 3.63) is 29.8 Å². The zero-order valence-corrected chi connectivity index (χ0v) is 8.96. The summed E-state index contributed by atoms with van der Waals surface area (Å²) in [6.45, 7) is 0.295. The third kappa shape index (κ3) is 2.63. The molecule has 0 atom stereocenters. The number of urea groups is 1. The number of benzene rings is 1. The van der Waals surface area contributed by atoms with Crippen molar-refractivity contribution in [2.75, 3.05) is 6.54 Å². The van der Waals surface area contributed by atoms with E-state index in [0.717, 1.165) is 5.56 Å². The standard InChI is InChI=1S/C10H11BN2O4/c14-9-6-13(10(15)12-9)5-7-2-1-3-8(4-7)11(16)17/h1-4,16-17H,5-6H2,(H,12,14,15). The Hall–Kier alpha value is -1.86. The molecular weight excluding hydrogens is 223 g/mol. The van der Waals surface area contributed by atoms with Crippen LogP contribution in [0.2, 0.25) is 0 Å². The maximum absolute atomic E-state index is 11.3. The van der Waals surface area contributed by atoms with Gasteiger partial charge in [0.05, 0.1) is 0 Å². The Kier molecular flexibility index (Phi) is 3.12. The fourth-order valence-corrected chi connectivity index (χ4v) is 1.68. The molecule has 0 spiro atoms. The van der Waals surface area contributed by atoms with Gasteiger partial charge in [-0.05, 0) is 11.0 Å². The van der Waals surface area contributed by atoms with E-state index >= 15 is 0 Å². The lowest BCUT2D eigenvalue weighted by Gasteiger charge is -2.13. The summed E-state index contributed by atoms with van der Waals surface area (Å²) in [6, 6.07) is 6.15. The lowest BCUT2D eigenvalue weighted by Crippen LogP contribution is -2.31. The van der Waals surface area contributed by atoms with Gasteiger partial charge in [0.1, 0.15) is 6.54 Å². The van der Waals surface area contributed by atoms with E-state index in [9.17, 15) is 9.59 Å². The molecule has 0 saturated carbocycles. The van der Waals surface area contributed by atoms with Gasteiger partial charge in [0.15, 0.2) is 0 Å². The molecule has 0 unspecified atom stereocenters. The maximum atomic E-state index is 11.3. The van der Waals surface area contributed by atoms with Crippen molar-refractivity contribution in [1.29, 1.82) is 0 Å². The van der Waals surface area contributed by atoms with Crippen molar-refractivity contribution in [3.63, 3.8) is 0 Å². The zero-order chi connectivity index (χ0) is 12.4. The smallest absolute Gasteiger partial charge is 0.423 e. The summed E-state index contributed by atoms with van der Waals surface area (Å²) in [5, 5.41) is 20.2. The van der Waals surface area contributed by atoms with Crippen molar-refractivity contribution >= 4 is 24.5 Å². The normalized spacial score (nSPS) is 15.1. The predicted octanol–water partition coefficient (Wildman–Crippen LogP) is -1.58. The fraction of sp³-hybridized carbons (Fsp3) is 0.200. The molecule has 17 heavy (non-hydrogen) atoms. The number of rotatable bonds is 3. The van der Waals surface area contributed by atoms with Crippen LogP contribution in [0.3, 0.4) is 0 Å². The molecule has 3 amide bonds. The summed E-state index contributed by atoms with van der Waals surface area (Å²) in [4.78, 5) is 23.6. The molecule has 1 heterocycles. The number of nitrogens with one attached hydrogen (secondary N) is 1. The molecule has 0 bridgehead atoms. The highest BCUT2D eigenvalue weighted by molar-refractivity contribution is 6.58. The number of hydrogen-bond donors (Lipinski definition) is 3. The highest BCUT2D eigenvalue weighted by Crippen LogP contribution is 2.06. The van der Waals surface area contributed by atoms with Crippen LogP contribution in [0, 0.1) is 0 Å². The fourth-order valence-electron chi connectivity index (χ4n) is 1.68. The van der Waals surface area contributed by atoms with E-state index in [4.69, 9.17) is 10.0 Å². The summed E-state index contributed by atoms with van der Waals surface area (Å²) in [5.41, 5.74) is 1.09. The number of hydrogen-bond acceptors (Lipinski definition) is 4. The zero-order valence-electron chi connectivity index (χ0n) is 8.96. The molecule has 0 aliphatic carbocycles. The SMILES string of the molecule is O=C1CN(Cc2cccc(B(O)O)c2)C(=O)N1.